The number of H-pyrrole nitrogens is 2. The summed E-state index contributed by atoms with van der Waals surface area (Å²) in [4.78, 5) is 7.70. The average Bonchev–Trinajstić information content (AvgIpc) is 3.74. The number of aromatic nitrogens is 2. The third kappa shape index (κ3) is 4.09. The van der Waals surface area contributed by atoms with Gasteiger partial charge in [-0.15, -0.1) is 11.3 Å². The van der Waals surface area contributed by atoms with Gasteiger partial charge in [0.25, 0.3) is 0 Å². The number of hydrogen-bond donors (Lipinski definition) is 2. The summed E-state index contributed by atoms with van der Waals surface area (Å²) in [5.41, 5.74) is 6.42. The molecule has 7 rings (SSSR count). The summed E-state index contributed by atoms with van der Waals surface area (Å²) < 4.78 is 44.7. The van der Waals surface area contributed by atoms with Crippen LogP contribution < -0.4 is 0 Å². The number of nitrogens with one attached hydrogen (secondary N) is 2. The van der Waals surface area contributed by atoms with E-state index in [9.17, 15) is 13.2 Å². The molecule has 4 heterocycles. The van der Waals surface area contributed by atoms with E-state index in [0.717, 1.165) is 43.7 Å². The quantitative estimate of drug-likeness (QED) is 0.212. The first-order valence-corrected chi connectivity index (χ1v) is 14.2. The lowest BCUT2D eigenvalue weighted by molar-refractivity contribution is -0.140. The van der Waals surface area contributed by atoms with E-state index in [2.05, 4.69) is 9.97 Å². The van der Waals surface area contributed by atoms with Crippen molar-refractivity contribution in [2.24, 2.45) is 0 Å². The molecule has 1 atom stereocenters. The predicted molar refractivity (Wildman–Crippen MR) is 157 cm³/mol. The van der Waals surface area contributed by atoms with Gasteiger partial charge in [0.1, 0.15) is 5.92 Å². The van der Waals surface area contributed by atoms with Crippen LogP contribution in [0.25, 0.3) is 54.6 Å². The fraction of sp³-hybridized carbons (Fsp3) is 0.0625. The van der Waals surface area contributed by atoms with E-state index in [1.807, 2.05) is 77.5 Å². The predicted octanol–water partition coefficient (Wildman–Crippen LogP) is 10.5. The molecule has 192 valence electrons. The molecule has 0 aliphatic carbocycles. The fourth-order valence-corrected chi connectivity index (χ4v) is 7.44. The molecule has 0 radical (unpaired) electrons. The summed E-state index contributed by atoms with van der Waals surface area (Å²) in [5, 5.41) is 5.53. The topological polar surface area (TPSA) is 31.6 Å². The molecule has 0 amide bonds. The van der Waals surface area contributed by atoms with Gasteiger partial charge in [-0.1, -0.05) is 66.7 Å². The van der Waals surface area contributed by atoms with Crippen LogP contribution in [0.4, 0.5) is 13.2 Å². The molecule has 2 N–H and O–H groups in total. The molecule has 2 nitrogen and oxygen atoms in total. The van der Waals surface area contributed by atoms with Crippen LogP contribution >= 0.6 is 22.7 Å². The Bertz CT molecular complexity index is 1910. The van der Waals surface area contributed by atoms with Crippen LogP contribution in [-0.4, -0.2) is 16.1 Å². The molecular formula is C32H21F3N2S2. The maximum atomic E-state index is 14.9. The van der Waals surface area contributed by atoms with Crippen LogP contribution in [0.3, 0.4) is 0 Å². The number of thiophene rings is 2. The van der Waals surface area contributed by atoms with Crippen LogP contribution in [-0.2, 0) is 0 Å². The van der Waals surface area contributed by atoms with Crippen LogP contribution in [0.5, 0.6) is 0 Å². The second-order valence-electron chi connectivity index (χ2n) is 9.45. The van der Waals surface area contributed by atoms with Gasteiger partial charge in [-0.3, -0.25) is 0 Å². The second-order valence-corrected chi connectivity index (χ2v) is 11.3. The van der Waals surface area contributed by atoms with Gasteiger partial charge in [-0.2, -0.15) is 24.5 Å². The van der Waals surface area contributed by atoms with E-state index in [-0.39, 0.29) is 10.4 Å². The molecule has 39 heavy (non-hydrogen) atoms. The minimum Gasteiger partial charge on any atom is -0.361 e. The average molecular weight is 555 g/mol. The first kappa shape index (κ1) is 24.0. The Kier molecular flexibility index (Phi) is 5.72. The Hall–Kier alpha value is -4.07. The lowest BCUT2D eigenvalue weighted by atomic mass is 9.94. The summed E-state index contributed by atoms with van der Waals surface area (Å²) >= 11 is 2.77. The molecule has 4 aromatic heterocycles. The molecule has 7 heteroatoms. The molecular weight excluding hydrogens is 533 g/mol. The van der Waals surface area contributed by atoms with E-state index < -0.39 is 12.1 Å². The number of hydrogen-bond acceptors (Lipinski definition) is 2. The van der Waals surface area contributed by atoms with E-state index in [0.29, 0.717) is 10.9 Å². The van der Waals surface area contributed by atoms with Crippen molar-refractivity contribution >= 4 is 44.5 Å². The Morgan fingerprint density at radius 1 is 0.744 bits per heavy atom. The highest BCUT2D eigenvalue weighted by molar-refractivity contribution is 7.16. The monoisotopic (exact) mass is 554 g/mol. The summed E-state index contributed by atoms with van der Waals surface area (Å²) in [6.45, 7) is 0. The minimum absolute atomic E-state index is 0.241. The molecule has 7 aromatic rings. The summed E-state index contributed by atoms with van der Waals surface area (Å²) in [5.74, 6) is -1.75. The fourth-order valence-electron chi connectivity index (χ4n) is 5.39. The maximum Gasteiger partial charge on any atom is 0.400 e. The Labute approximate surface area is 230 Å². The van der Waals surface area contributed by atoms with Crippen molar-refractivity contribution in [3.8, 4) is 32.8 Å². The van der Waals surface area contributed by atoms with Crippen LogP contribution in [0, 0.1) is 0 Å². The van der Waals surface area contributed by atoms with Crippen molar-refractivity contribution in [1.82, 2.24) is 9.97 Å². The van der Waals surface area contributed by atoms with Gasteiger partial charge in [-0.25, -0.2) is 0 Å². The van der Waals surface area contributed by atoms with Crippen molar-refractivity contribution in [3.63, 3.8) is 0 Å². The highest BCUT2D eigenvalue weighted by Gasteiger charge is 2.44. The van der Waals surface area contributed by atoms with Gasteiger partial charge in [0.05, 0.1) is 5.69 Å². The molecule has 3 aromatic carbocycles. The highest BCUT2D eigenvalue weighted by Crippen LogP contribution is 2.52. The van der Waals surface area contributed by atoms with Crippen LogP contribution in [0.1, 0.15) is 16.4 Å². The van der Waals surface area contributed by atoms with Gasteiger partial charge >= 0.3 is 6.18 Å². The van der Waals surface area contributed by atoms with Crippen molar-refractivity contribution in [1.29, 1.82) is 0 Å². The number of rotatable bonds is 5. The maximum absolute atomic E-state index is 14.9. The lowest BCUT2D eigenvalue weighted by Gasteiger charge is -2.19. The molecule has 0 saturated carbocycles. The van der Waals surface area contributed by atoms with E-state index >= 15 is 0 Å². The first-order valence-electron chi connectivity index (χ1n) is 12.4. The molecule has 0 bridgehead atoms. The number of fused-ring (bicyclic) bond motifs is 2. The van der Waals surface area contributed by atoms with E-state index in [1.54, 1.807) is 24.3 Å². The normalized spacial score (nSPS) is 12.9. The third-order valence-electron chi connectivity index (χ3n) is 7.12. The number of benzene rings is 3. The Morgan fingerprint density at radius 2 is 1.46 bits per heavy atom. The van der Waals surface area contributed by atoms with Gasteiger partial charge in [0, 0.05) is 48.9 Å². The summed E-state index contributed by atoms with van der Waals surface area (Å²) in [7, 11) is 0. The Balaban J connectivity index is 1.52. The van der Waals surface area contributed by atoms with Crippen molar-refractivity contribution < 1.29 is 13.2 Å². The van der Waals surface area contributed by atoms with E-state index in [1.165, 1.54) is 28.9 Å². The van der Waals surface area contributed by atoms with Gasteiger partial charge in [0.2, 0.25) is 0 Å². The van der Waals surface area contributed by atoms with Crippen molar-refractivity contribution in [2.75, 3.05) is 0 Å². The largest absolute Gasteiger partial charge is 0.400 e. The molecule has 0 fully saturated rings. The summed E-state index contributed by atoms with van der Waals surface area (Å²) in [6, 6.07) is 28.8. The number of para-hydroxylation sites is 2. The molecule has 0 aliphatic heterocycles. The summed E-state index contributed by atoms with van der Waals surface area (Å²) in [6.07, 6.45) is -2.96. The van der Waals surface area contributed by atoms with Gasteiger partial charge in [0.15, 0.2) is 0 Å². The SMILES string of the molecule is FC(F)(F)C(c1cc(-c2ccsc2)c(-c2c(-c3ccccc3)[nH]c3ccccc23)s1)c1c[nH]c2ccccc12. The van der Waals surface area contributed by atoms with E-state index in [4.69, 9.17) is 0 Å². The third-order valence-corrected chi connectivity index (χ3v) is 9.02. The minimum atomic E-state index is -4.47. The lowest BCUT2D eigenvalue weighted by Crippen LogP contribution is -2.20. The van der Waals surface area contributed by atoms with Crippen molar-refractivity contribution in [2.45, 2.75) is 12.1 Å². The van der Waals surface area contributed by atoms with Crippen LogP contribution in [0.15, 0.2) is 108 Å². The smallest absolute Gasteiger partial charge is 0.361 e. The second kappa shape index (κ2) is 9.29. The zero-order valence-corrected chi connectivity index (χ0v) is 22.1. The van der Waals surface area contributed by atoms with Gasteiger partial charge in [-0.05, 0) is 51.7 Å². The van der Waals surface area contributed by atoms with Crippen molar-refractivity contribution in [3.05, 3.63) is 118 Å². The zero-order chi connectivity index (χ0) is 26.6. The number of alkyl halides is 3. The molecule has 1 unspecified atom stereocenters. The number of halogens is 3. The zero-order valence-electron chi connectivity index (χ0n) is 20.4. The number of aromatic amines is 2. The standard InChI is InChI=1S/C32H21F3N2S2/c33-32(34,35)29(24-17-36-25-12-6-4-10-21(24)25)27-16-23(20-14-15-38-18-20)31(39-27)28-22-11-5-7-13-26(22)37-30(28)19-8-2-1-3-9-19/h1-18,29,36-37H. The Morgan fingerprint density at radius 3 is 2.21 bits per heavy atom. The molecule has 0 saturated heterocycles. The van der Waals surface area contributed by atoms with Gasteiger partial charge < -0.3 is 9.97 Å². The molecule has 0 aliphatic rings. The first-order chi connectivity index (χ1) is 19.0. The highest BCUT2D eigenvalue weighted by atomic mass is 32.1. The van der Waals surface area contributed by atoms with Crippen LogP contribution in [0.2, 0.25) is 0 Å². The molecule has 0 spiro atoms.